The van der Waals surface area contributed by atoms with E-state index in [2.05, 4.69) is 51.7 Å². The first kappa shape index (κ1) is 11.5. The van der Waals surface area contributed by atoms with Crippen LogP contribution in [0.2, 0.25) is 0 Å². The summed E-state index contributed by atoms with van der Waals surface area (Å²) >= 11 is 0. The van der Waals surface area contributed by atoms with Gasteiger partial charge in [-0.15, -0.1) is 10.2 Å². The molecule has 2 heterocycles. The highest BCUT2D eigenvalue weighted by atomic mass is 15.5. The maximum Gasteiger partial charge on any atom is 0.191 e. The van der Waals surface area contributed by atoms with E-state index in [4.69, 9.17) is 0 Å². The van der Waals surface area contributed by atoms with Crippen LogP contribution in [0.3, 0.4) is 0 Å². The van der Waals surface area contributed by atoms with Crippen molar-refractivity contribution >= 4 is 0 Å². The van der Waals surface area contributed by atoms with Crippen molar-refractivity contribution in [2.24, 2.45) is 0 Å². The summed E-state index contributed by atoms with van der Waals surface area (Å²) in [6.45, 7) is 5.50. The molecule has 2 rings (SSSR count). The van der Waals surface area contributed by atoms with Crippen LogP contribution in [0.5, 0.6) is 0 Å². The monoisotopic (exact) mass is 224 g/mol. The largest absolute Gasteiger partial charge is 0.304 e. The minimum atomic E-state index is 0.166. The number of rotatable bonds is 3. The number of hydrogen-bond donors (Lipinski definition) is 2. The molecule has 0 spiro atoms. The van der Waals surface area contributed by atoms with E-state index in [9.17, 15) is 0 Å². The minimum absolute atomic E-state index is 0.166. The molecule has 3 atom stereocenters. The average molecular weight is 224 g/mol. The van der Waals surface area contributed by atoms with Gasteiger partial charge in [-0.2, -0.15) is 5.21 Å². The van der Waals surface area contributed by atoms with Crippen LogP contribution < -0.4 is 5.32 Å². The number of piperidine rings is 1. The molecule has 0 radical (unpaired) electrons. The lowest BCUT2D eigenvalue weighted by Crippen LogP contribution is -2.46. The maximum absolute atomic E-state index is 4.00. The summed E-state index contributed by atoms with van der Waals surface area (Å²) in [5, 5.41) is 17.6. The molecule has 1 aliphatic heterocycles. The molecule has 6 heteroatoms. The van der Waals surface area contributed by atoms with E-state index in [1.165, 1.54) is 12.8 Å². The Bertz CT molecular complexity index is 311. The normalized spacial score (nSPS) is 29.2. The van der Waals surface area contributed by atoms with E-state index in [0.29, 0.717) is 12.1 Å². The molecule has 0 aromatic carbocycles. The van der Waals surface area contributed by atoms with Crippen molar-refractivity contribution in [3.8, 4) is 0 Å². The Balaban J connectivity index is 1.86. The Morgan fingerprint density at radius 1 is 1.56 bits per heavy atom. The summed E-state index contributed by atoms with van der Waals surface area (Å²) in [5.41, 5.74) is 0. The fourth-order valence-corrected chi connectivity index (χ4v) is 2.22. The number of aromatic amines is 1. The van der Waals surface area contributed by atoms with Crippen molar-refractivity contribution < 1.29 is 0 Å². The van der Waals surface area contributed by atoms with E-state index < -0.39 is 0 Å². The highest BCUT2D eigenvalue weighted by Gasteiger charge is 2.24. The SMILES string of the molecule is CC(NC1CCN(C)C(C)C1)c1nn[nH]n1. The molecule has 1 fully saturated rings. The predicted molar refractivity (Wildman–Crippen MR) is 60.8 cm³/mol. The zero-order valence-corrected chi connectivity index (χ0v) is 10.1. The molecule has 0 saturated carbocycles. The van der Waals surface area contributed by atoms with Crippen molar-refractivity contribution in [1.82, 2.24) is 30.8 Å². The summed E-state index contributed by atoms with van der Waals surface area (Å²) in [6, 6.07) is 1.36. The second kappa shape index (κ2) is 4.88. The molecular formula is C10H20N6. The van der Waals surface area contributed by atoms with E-state index in [1.807, 2.05) is 0 Å². The molecule has 1 aromatic heterocycles. The van der Waals surface area contributed by atoms with Gasteiger partial charge in [0.25, 0.3) is 0 Å². The van der Waals surface area contributed by atoms with Gasteiger partial charge in [0, 0.05) is 12.1 Å². The van der Waals surface area contributed by atoms with E-state index in [0.717, 1.165) is 12.4 Å². The van der Waals surface area contributed by atoms with Crippen LogP contribution in [0.1, 0.15) is 38.6 Å². The third kappa shape index (κ3) is 2.56. The first-order valence-corrected chi connectivity index (χ1v) is 5.86. The first-order chi connectivity index (χ1) is 7.66. The van der Waals surface area contributed by atoms with Gasteiger partial charge in [-0.1, -0.05) is 5.21 Å². The molecular weight excluding hydrogens is 204 g/mol. The van der Waals surface area contributed by atoms with Crippen LogP contribution in [-0.2, 0) is 0 Å². The van der Waals surface area contributed by atoms with Crippen molar-refractivity contribution in [2.75, 3.05) is 13.6 Å². The summed E-state index contributed by atoms with van der Waals surface area (Å²) in [4.78, 5) is 2.40. The number of H-pyrrole nitrogens is 1. The Hall–Kier alpha value is -1.01. The molecule has 3 unspecified atom stereocenters. The van der Waals surface area contributed by atoms with Crippen molar-refractivity contribution in [3.05, 3.63) is 5.82 Å². The Labute approximate surface area is 95.8 Å². The van der Waals surface area contributed by atoms with Gasteiger partial charge in [0.15, 0.2) is 5.82 Å². The smallest absolute Gasteiger partial charge is 0.191 e. The number of nitrogens with one attached hydrogen (secondary N) is 2. The van der Waals surface area contributed by atoms with Gasteiger partial charge in [-0.05, 0) is 40.3 Å². The topological polar surface area (TPSA) is 69.7 Å². The summed E-state index contributed by atoms with van der Waals surface area (Å²) in [6.07, 6.45) is 2.36. The van der Waals surface area contributed by atoms with E-state index in [-0.39, 0.29) is 6.04 Å². The number of aromatic nitrogens is 4. The number of hydrogen-bond acceptors (Lipinski definition) is 5. The fourth-order valence-electron chi connectivity index (χ4n) is 2.22. The van der Waals surface area contributed by atoms with Gasteiger partial charge in [0.1, 0.15) is 0 Å². The van der Waals surface area contributed by atoms with Crippen LogP contribution in [0.25, 0.3) is 0 Å². The van der Waals surface area contributed by atoms with Gasteiger partial charge in [0.2, 0.25) is 0 Å². The molecule has 0 aliphatic carbocycles. The molecule has 0 amide bonds. The van der Waals surface area contributed by atoms with Gasteiger partial charge >= 0.3 is 0 Å². The van der Waals surface area contributed by atoms with Crippen molar-refractivity contribution in [3.63, 3.8) is 0 Å². The molecule has 1 saturated heterocycles. The summed E-state index contributed by atoms with van der Waals surface area (Å²) in [7, 11) is 2.18. The molecule has 16 heavy (non-hydrogen) atoms. The summed E-state index contributed by atoms with van der Waals surface area (Å²) in [5.74, 6) is 0.742. The van der Waals surface area contributed by atoms with Crippen LogP contribution in [0, 0.1) is 0 Å². The molecule has 1 aromatic rings. The average Bonchev–Trinajstić information content (AvgIpc) is 2.77. The highest BCUT2D eigenvalue weighted by Crippen LogP contribution is 2.18. The highest BCUT2D eigenvalue weighted by molar-refractivity contribution is 4.90. The van der Waals surface area contributed by atoms with Gasteiger partial charge in [-0.25, -0.2) is 0 Å². The molecule has 0 bridgehead atoms. The third-order valence-corrected chi connectivity index (χ3v) is 3.44. The van der Waals surface area contributed by atoms with Crippen molar-refractivity contribution in [1.29, 1.82) is 0 Å². The third-order valence-electron chi connectivity index (χ3n) is 3.44. The molecule has 6 nitrogen and oxygen atoms in total. The Kier molecular flexibility index (Phi) is 3.50. The van der Waals surface area contributed by atoms with Crippen LogP contribution in [0.4, 0.5) is 0 Å². The van der Waals surface area contributed by atoms with Crippen LogP contribution >= 0.6 is 0 Å². The van der Waals surface area contributed by atoms with Gasteiger partial charge in [-0.3, -0.25) is 0 Å². The summed E-state index contributed by atoms with van der Waals surface area (Å²) < 4.78 is 0. The minimum Gasteiger partial charge on any atom is -0.304 e. The fraction of sp³-hybridized carbons (Fsp3) is 0.900. The second-order valence-electron chi connectivity index (χ2n) is 4.71. The van der Waals surface area contributed by atoms with E-state index in [1.54, 1.807) is 0 Å². The van der Waals surface area contributed by atoms with Crippen molar-refractivity contribution in [2.45, 2.75) is 44.8 Å². The maximum atomic E-state index is 4.00. The molecule has 1 aliphatic rings. The van der Waals surface area contributed by atoms with Gasteiger partial charge < -0.3 is 10.2 Å². The zero-order valence-electron chi connectivity index (χ0n) is 10.1. The van der Waals surface area contributed by atoms with Crippen LogP contribution in [-0.4, -0.2) is 51.2 Å². The first-order valence-electron chi connectivity index (χ1n) is 5.86. The van der Waals surface area contributed by atoms with Gasteiger partial charge in [0.05, 0.1) is 6.04 Å². The molecule has 2 N–H and O–H groups in total. The lowest BCUT2D eigenvalue weighted by Gasteiger charge is -2.36. The quantitative estimate of drug-likeness (QED) is 0.774. The molecule has 90 valence electrons. The number of likely N-dealkylation sites (tertiary alicyclic amines) is 1. The number of nitrogens with zero attached hydrogens (tertiary/aromatic N) is 4. The Morgan fingerprint density at radius 2 is 2.38 bits per heavy atom. The predicted octanol–water partition coefficient (Wildman–Crippen LogP) is 0.333. The van der Waals surface area contributed by atoms with E-state index >= 15 is 0 Å². The standard InChI is InChI=1S/C10H20N6/c1-7-6-9(4-5-16(7)3)11-8(2)10-12-14-15-13-10/h7-9,11H,4-6H2,1-3H3,(H,12,13,14,15). The van der Waals surface area contributed by atoms with Crippen LogP contribution in [0.15, 0.2) is 0 Å². The Morgan fingerprint density at radius 3 is 3.00 bits per heavy atom. The lowest BCUT2D eigenvalue weighted by atomic mass is 9.98. The zero-order chi connectivity index (χ0) is 11.5. The number of tetrazole rings is 1. The lowest BCUT2D eigenvalue weighted by molar-refractivity contribution is 0.163. The second-order valence-corrected chi connectivity index (χ2v) is 4.71.